The first kappa shape index (κ1) is 17.1. The molecule has 1 N–H and O–H groups in total. The van der Waals surface area contributed by atoms with E-state index >= 15 is 0 Å². The maximum Gasteiger partial charge on any atom is 0.248 e. The van der Waals surface area contributed by atoms with Crippen LogP contribution in [0.15, 0.2) is 24.3 Å². The van der Waals surface area contributed by atoms with Crippen molar-refractivity contribution in [3.8, 4) is 0 Å². The molecule has 7 heteroatoms. The van der Waals surface area contributed by atoms with E-state index < -0.39 is 0 Å². The van der Waals surface area contributed by atoms with E-state index in [0.29, 0.717) is 31.3 Å². The average Bonchev–Trinajstić information content (AvgIpc) is 3.12. The van der Waals surface area contributed by atoms with Crippen molar-refractivity contribution in [1.82, 2.24) is 4.90 Å². The Labute approximate surface area is 146 Å². The minimum Gasteiger partial charge on any atom is -0.378 e. The molecule has 1 aromatic rings. The summed E-state index contributed by atoms with van der Waals surface area (Å²) in [6.45, 7) is 4.84. The van der Waals surface area contributed by atoms with Gasteiger partial charge in [0.2, 0.25) is 11.8 Å². The first-order valence-corrected chi connectivity index (χ1v) is 9.46. The summed E-state index contributed by atoms with van der Waals surface area (Å²) in [4.78, 5) is 28.6. The smallest absolute Gasteiger partial charge is 0.248 e. The predicted molar refractivity (Wildman–Crippen MR) is 96.4 cm³/mol. The van der Waals surface area contributed by atoms with Crippen molar-refractivity contribution in [1.29, 1.82) is 0 Å². The highest BCUT2D eigenvalue weighted by molar-refractivity contribution is 7.99. The molecule has 2 saturated heterocycles. The molecule has 2 amide bonds. The number of carbonyl (C=O) groups excluding carboxylic acids is 2. The Bertz CT molecular complexity index is 604. The van der Waals surface area contributed by atoms with Crippen molar-refractivity contribution in [3.05, 3.63) is 24.3 Å². The number of ether oxygens (including phenoxy) is 1. The van der Waals surface area contributed by atoms with Gasteiger partial charge in [-0.05, 0) is 12.1 Å². The summed E-state index contributed by atoms with van der Waals surface area (Å²) in [7, 11) is 0. The van der Waals surface area contributed by atoms with Gasteiger partial charge in [-0.3, -0.25) is 9.59 Å². The molecule has 0 bridgehead atoms. The number of nitrogens with one attached hydrogen (secondary N) is 1. The minimum absolute atomic E-state index is 0.0293. The lowest BCUT2D eigenvalue weighted by Crippen LogP contribution is -2.44. The summed E-state index contributed by atoms with van der Waals surface area (Å²) in [5.41, 5.74) is 1.80. The summed E-state index contributed by atoms with van der Waals surface area (Å²) in [6.07, 6.45) is 0.425. The third-order valence-corrected chi connectivity index (χ3v) is 5.33. The van der Waals surface area contributed by atoms with Gasteiger partial charge in [0.1, 0.15) is 6.04 Å². The lowest BCUT2D eigenvalue weighted by Gasteiger charge is -2.31. The van der Waals surface area contributed by atoms with Crippen LogP contribution in [0.2, 0.25) is 0 Å². The maximum absolute atomic E-state index is 12.7. The van der Waals surface area contributed by atoms with Gasteiger partial charge in [-0.2, -0.15) is 0 Å². The van der Waals surface area contributed by atoms with Crippen LogP contribution in [0.3, 0.4) is 0 Å². The number of hydrogen-bond acceptors (Lipinski definition) is 5. The quantitative estimate of drug-likeness (QED) is 0.898. The van der Waals surface area contributed by atoms with Crippen LogP contribution in [0.4, 0.5) is 11.4 Å². The minimum atomic E-state index is -0.389. The summed E-state index contributed by atoms with van der Waals surface area (Å²) in [5.74, 6) is 1.16. The lowest BCUT2D eigenvalue weighted by molar-refractivity contribution is -0.135. The number of hydrogen-bond donors (Lipinski definition) is 1. The summed E-state index contributed by atoms with van der Waals surface area (Å²) in [6, 6.07) is 7.42. The molecule has 3 rings (SSSR count). The second-order valence-corrected chi connectivity index (χ2v) is 6.84. The average molecular weight is 349 g/mol. The highest BCUT2D eigenvalue weighted by Gasteiger charge is 2.34. The third-order valence-electron chi connectivity index (χ3n) is 4.32. The number of carbonyl (C=O) groups is 2. The van der Waals surface area contributed by atoms with Crippen molar-refractivity contribution >= 4 is 35.0 Å². The Balaban J connectivity index is 1.73. The van der Waals surface area contributed by atoms with E-state index in [2.05, 4.69) is 10.2 Å². The van der Waals surface area contributed by atoms with Gasteiger partial charge in [0.15, 0.2) is 0 Å². The van der Waals surface area contributed by atoms with Crippen LogP contribution < -0.4 is 10.2 Å². The first-order valence-electron chi connectivity index (χ1n) is 8.30. The highest BCUT2D eigenvalue weighted by Crippen LogP contribution is 2.28. The molecule has 0 aromatic heterocycles. The van der Waals surface area contributed by atoms with Gasteiger partial charge in [-0.1, -0.05) is 19.1 Å². The molecule has 2 fully saturated rings. The molecule has 0 aliphatic carbocycles. The molecule has 2 aliphatic rings. The van der Waals surface area contributed by atoms with Gasteiger partial charge in [0.05, 0.1) is 30.5 Å². The number of benzene rings is 1. The van der Waals surface area contributed by atoms with Gasteiger partial charge in [-0.15, -0.1) is 11.8 Å². The number of thioether (sulfide) groups is 1. The van der Waals surface area contributed by atoms with E-state index in [1.807, 2.05) is 31.2 Å². The SMILES string of the molecule is CCC(=O)N1CSC[C@H]1C(=O)Nc1ccccc1N1CCOCC1. The number of morpholine rings is 1. The third kappa shape index (κ3) is 3.67. The predicted octanol–water partition coefficient (Wildman–Crippen LogP) is 1.77. The van der Waals surface area contributed by atoms with Crippen molar-refractivity contribution in [2.24, 2.45) is 0 Å². The topological polar surface area (TPSA) is 61.9 Å². The van der Waals surface area contributed by atoms with E-state index in [1.165, 1.54) is 0 Å². The summed E-state index contributed by atoms with van der Waals surface area (Å²) < 4.78 is 5.40. The van der Waals surface area contributed by atoms with Crippen molar-refractivity contribution in [3.63, 3.8) is 0 Å². The normalized spacial score (nSPS) is 21.0. The van der Waals surface area contributed by atoms with Gasteiger partial charge >= 0.3 is 0 Å². The molecular formula is C17H23N3O3S. The van der Waals surface area contributed by atoms with E-state index in [9.17, 15) is 9.59 Å². The fourth-order valence-electron chi connectivity index (χ4n) is 2.98. The fourth-order valence-corrected chi connectivity index (χ4v) is 4.16. The van der Waals surface area contributed by atoms with E-state index in [4.69, 9.17) is 4.74 Å². The Kier molecular flexibility index (Phi) is 5.63. The fraction of sp³-hybridized carbons (Fsp3) is 0.529. The summed E-state index contributed by atoms with van der Waals surface area (Å²) >= 11 is 1.62. The van der Waals surface area contributed by atoms with Crippen molar-refractivity contribution in [2.75, 3.05) is 48.1 Å². The molecule has 1 aromatic carbocycles. The monoisotopic (exact) mass is 349 g/mol. The van der Waals surface area contributed by atoms with Crippen LogP contribution in [-0.4, -0.2) is 60.7 Å². The number of para-hydroxylation sites is 2. The number of amides is 2. The standard InChI is InChI=1S/C17H23N3O3S/c1-2-16(21)20-12-24-11-15(20)17(22)18-13-5-3-4-6-14(13)19-7-9-23-10-8-19/h3-6,15H,2,7-12H2,1H3,(H,18,22)/t15-/m0/s1. The molecule has 0 unspecified atom stereocenters. The van der Waals surface area contributed by atoms with Crippen LogP contribution in [0.5, 0.6) is 0 Å². The largest absolute Gasteiger partial charge is 0.378 e. The van der Waals surface area contributed by atoms with Gasteiger partial charge in [-0.25, -0.2) is 0 Å². The molecule has 0 saturated carbocycles. The van der Waals surface area contributed by atoms with Crippen LogP contribution in [0.25, 0.3) is 0 Å². The molecule has 24 heavy (non-hydrogen) atoms. The summed E-state index contributed by atoms with van der Waals surface area (Å²) in [5, 5.41) is 3.03. The number of nitrogens with zero attached hydrogens (tertiary/aromatic N) is 2. The zero-order chi connectivity index (χ0) is 16.9. The Morgan fingerprint density at radius 1 is 1.29 bits per heavy atom. The molecule has 0 radical (unpaired) electrons. The second-order valence-electron chi connectivity index (χ2n) is 5.84. The Hall–Kier alpha value is -1.73. The van der Waals surface area contributed by atoms with Crippen LogP contribution in [-0.2, 0) is 14.3 Å². The second kappa shape index (κ2) is 7.90. The molecule has 2 heterocycles. The molecule has 6 nitrogen and oxygen atoms in total. The highest BCUT2D eigenvalue weighted by atomic mass is 32.2. The first-order chi connectivity index (χ1) is 11.7. The number of rotatable bonds is 4. The van der Waals surface area contributed by atoms with E-state index in [1.54, 1.807) is 16.7 Å². The molecular weight excluding hydrogens is 326 g/mol. The van der Waals surface area contributed by atoms with Crippen LogP contribution >= 0.6 is 11.8 Å². The van der Waals surface area contributed by atoms with Gasteiger partial charge in [0, 0.05) is 25.3 Å². The van der Waals surface area contributed by atoms with Gasteiger partial charge < -0.3 is 19.9 Å². The molecule has 1 atom stereocenters. The van der Waals surface area contributed by atoms with Crippen LogP contribution in [0.1, 0.15) is 13.3 Å². The van der Waals surface area contributed by atoms with Crippen molar-refractivity contribution < 1.29 is 14.3 Å². The van der Waals surface area contributed by atoms with E-state index in [0.717, 1.165) is 24.5 Å². The Morgan fingerprint density at radius 2 is 2.04 bits per heavy atom. The zero-order valence-corrected chi connectivity index (χ0v) is 14.7. The van der Waals surface area contributed by atoms with Crippen molar-refractivity contribution in [2.45, 2.75) is 19.4 Å². The Morgan fingerprint density at radius 3 is 2.79 bits per heavy atom. The zero-order valence-electron chi connectivity index (χ0n) is 13.9. The lowest BCUT2D eigenvalue weighted by atomic mass is 10.2. The maximum atomic E-state index is 12.7. The van der Waals surface area contributed by atoms with Crippen LogP contribution in [0, 0.1) is 0 Å². The van der Waals surface area contributed by atoms with Gasteiger partial charge in [0.25, 0.3) is 0 Å². The molecule has 2 aliphatic heterocycles. The molecule has 0 spiro atoms. The van der Waals surface area contributed by atoms with E-state index in [-0.39, 0.29) is 17.9 Å². The number of anilines is 2. The molecule has 130 valence electrons.